The molecule has 0 saturated carbocycles. The van der Waals surface area contributed by atoms with Crippen LogP contribution in [0.1, 0.15) is 25.8 Å². The third-order valence-electron chi connectivity index (χ3n) is 3.23. The Hall–Kier alpha value is -1.31. The number of hydrogen-bond acceptors (Lipinski definition) is 4. The molecule has 0 aromatic heterocycles. The largest absolute Gasteiger partial charge is 0.379 e. The van der Waals surface area contributed by atoms with E-state index in [1.807, 2.05) is 20.8 Å². The smallest absolute Gasteiger partial charge is 0.240 e. The molecular weight excluding hydrogens is 352 g/mol. The highest BCUT2D eigenvalue weighted by molar-refractivity contribution is 7.92. The third kappa shape index (κ3) is 7.07. The van der Waals surface area contributed by atoms with Crippen molar-refractivity contribution in [3.63, 3.8) is 0 Å². The number of carbonyl (C=O) groups excluding carboxylic acids is 1. The molecular formula is C16H25ClN2O4S. The van der Waals surface area contributed by atoms with Crippen LogP contribution >= 0.6 is 11.6 Å². The first-order valence-corrected chi connectivity index (χ1v) is 9.96. The van der Waals surface area contributed by atoms with Gasteiger partial charge in [-0.15, -0.1) is 0 Å². The van der Waals surface area contributed by atoms with E-state index in [2.05, 4.69) is 5.32 Å². The first kappa shape index (κ1) is 20.7. The number of amides is 1. The first-order valence-electron chi connectivity index (χ1n) is 7.73. The summed E-state index contributed by atoms with van der Waals surface area (Å²) < 4.78 is 30.4. The standard InChI is InChI=1S/C16H25ClN2O4S/c1-12(2)23-9-5-8-18-16(20)11-19(24(4,21)22)14-7-6-13(3)15(17)10-14/h6-7,10,12H,5,8-9,11H2,1-4H3,(H,18,20). The number of benzene rings is 1. The lowest BCUT2D eigenvalue weighted by Crippen LogP contribution is -2.40. The maximum absolute atomic E-state index is 12.0. The molecule has 24 heavy (non-hydrogen) atoms. The molecule has 1 rings (SSSR count). The molecule has 0 aliphatic rings. The molecule has 0 aliphatic carbocycles. The van der Waals surface area contributed by atoms with Crippen LogP contribution in [-0.4, -0.2) is 46.4 Å². The van der Waals surface area contributed by atoms with E-state index in [0.717, 1.165) is 16.1 Å². The highest BCUT2D eigenvalue weighted by Gasteiger charge is 2.21. The fourth-order valence-electron chi connectivity index (χ4n) is 1.94. The van der Waals surface area contributed by atoms with E-state index in [1.54, 1.807) is 18.2 Å². The number of hydrogen-bond donors (Lipinski definition) is 1. The van der Waals surface area contributed by atoms with Gasteiger partial charge in [-0.1, -0.05) is 17.7 Å². The normalized spacial score (nSPS) is 11.6. The minimum absolute atomic E-state index is 0.146. The van der Waals surface area contributed by atoms with Crippen LogP contribution in [-0.2, 0) is 19.6 Å². The fraction of sp³-hybridized carbons (Fsp3) is 0.562. The van der Waals surface area contributed by atoms with Crippen LogP contribution in [0.2, 0.25) is 5.02 Å². The van der Waals surface area contributed by atoms with Crippen molar-refractivity contribution in [3.05, 3.63) is 28.8 Å². The highest BCUT2D eigenvalue weighted by Crippen LogP contribution is 2.24. The Bertz CT molecular complexity index is 662. The summed E-state index contributed by atoms with van der Waals surface area (Å²) in [4.78, 5) is 12.0. The quantitative estimate of drug-likeness (QED) is 0.671. The van der Waals surface area contributed by atoms with Gasteiger partial charge >= 0.3 is 0 Å². The van der Waals surface area contributed by atoms with Crippen LogP contribution in [0.4, 0.5) is 5.69 Å². The molecule has 0 saturated heterocycles. The number of halogens is 1. The van der Waals surface area contributed by atoms with Gasteiger partial charge in [-0.05, 0) is 44.9 Å². The van der Waals surface area contributed by atoms with E-state index >= 15 is 0 Å². The zero-order valence-electron chi connectivity index (χ0n) is 14.5. The molecule has 0 heterocycles. The van der Waals surface area contributed by atoms with Crippen LogP contribution in [0.25, 0.3) is 0 Å². The minimum Gasteiger partial charge on any atom is -0.379 e. The molecule has 1 amide bonds. The van der Waals surface area contributed by atoms with E-state index < -0.39 is 10.0 Å². The Morgan fingerprint density at radius 3 is 2.58 bits per heavy atom. The van der Waals surface area contributed by atoms with Gasteiger partial charge in [0.2, 0.25) is 15.9 Å². The summed E-state index contributed by atoms with van der Waals surface area (Å²) >= 11 is 6.05. The Morgan fingerprint density at radius 1 is 1.38 bits per heavy atom. The molecule has 1 aromatic rings. The SMILES string of the molecule is Cc1ccc(N(CC(=O)NCCCOC(C)C)S(C)(=O)=O)cc1Cl. The van der Waals surface area contributed by atoms with Gasteiger partial charge in [-0.3, -0.25) is 9.10 Å². The summed E-state index contributed by atoms with van der Waals surface area (Å²) in [6.45, 7) is 6.38. The second kappa shape index (κ2) is 9.25. The lowest BCUT2D eigenvalue weighted by Gasteiger charge is -2.22. The van der Waals surface area contributed by atoms with Crippen LogP contribution in [0.3, 0.4) is 0 Å². The zero-order chi connectivity index (χ0) is 18.3. The van der Waals surface area contributed by atoms with Crippen molar-refractivity contribution in [2.24, 2.45) is 0 Å². The van der Waals surface area contributed by atoms with Crippen molar-refractivity contribution in [3.8, 4) is 0 Å². The summed E-state index contributed by atoms with van der Waals surface area (Å²) in [5.74, 6) is -0.373. The summed E-state index contributed by atoms with van der Waals surface area (Å²) in [7, 11) is -3.60. The van der Waals surface area contributed by atoms with Crippen molar-refractivity contribution in [1.82, 2.24) is 5.32 Å². The molecule has 6 nitrogen and oxygen atoms in total. The van der Waals surface area contributed by atoms with Crippen LogP contribution in [0.15, 0.2) is 18.2 Å². The van der Waals surface area contributed by atoms with Gasteiger partial charge in [0.1, 0.15) is 6.54 Å². The molecule has 0 atom stereocenters. The predicted octanol–water partition coefficient (Wildman–Crippen LogP) is 2.35. The highest BCUT2D eigenvalue weighted by atomic mass is 35.5. The number of ether oxygens (including phenoxy) is 1. The Labute approximate surface area is 149 Å². The van der Waals surface area contributed by atoms with Crippen molar-refractivity contribution in [2.75, 3.05) is 30.3 Å². The van der Waals surface area contributed by atoms with Gasteiger partial charge in [0.15, 0.2) is 0 Å². The van der Waals surface area contributed by atoms with E-state index in [1.165, 1.54) is 0 Å². The number of carbonyl (C=O) groups is 1. The van der Waals surface area contributed by atoms with Crippen molar-refractivity contribution in [1.29, 1.82) is 0 Å². The monoisotopic (exact) mass is 376 g/mol. The summed E-state index contributed by atoms with van der Waals surface area (Å²) in [5, 5.41) is 3.15. The Balaban J connectivity index is 2.67. The van der Waals surface area contributed by atoms with Crippen LogP contribution in [0.5, 0.6) is 0 Å². The molecule has 0 aliphatic heterocycles. The topological polar surface area (TPSA) is 75.7 Å². The third-order valence-corrected chi connectivity index (χ3v) is 4.77. The second-order valence-electron chi connectivity index (χ2n) is 5.83. The fourth-order valence-corrected chi connectivity index (χ4v) is 2.97. The maximum atomic E-state index is 12.0. The van der Waals surface area contributed by atoms with Gasteiger partial charge in [-0.25, -0.2) is 8.42 Å². The molecule has 0 bridgehead atoms. The van der Waals surface area contributed by atoms with E-state index in [9.17, 15) is 13.2 Å². The molecule has 0 spiro atoms. The molecule has 1 N–H and O–H groups in total. The summed E-state index contributed by atoms with van der Waals surface area (Å²) in [6.07, 6.45) is 1.87. The van der Waals surface area contributed by atoms with Gasteiger partial charge in [0, 0.05) is 18.2 Å². The number of anilines is 1. The van der Waals surface area contributed by atoms with E-state index in [-0.39, 0.29) is 18.6 Å². The van der Waals surface area contributed by atoms with Crippen molar-refractivity contribution < 1.29 is 17.9 Å². The number of nitrogens with zero attached hydrogens (tertiary/aromatic N) is 1. The molecule has 0 radical (unpaired) electrons. The van der Waals surface area contributed by atoms with Gasteiger partial charge in [0.25, 0.3) is 0 Å². The van der Waals surface area contributed by atoms with Gasteiger partial charge in [0.05, 0.1) is 18.0 Å². The second-order valence-corrected chi connectivity index (χ2v) is 8.14. The molecule has 136 valence electrons. The number of sulfonamides is 1. The molecule has 0 fully saturated rings. The van der Waals surface area contributed by atoms with Crippen LogP contribution in [0, 0.1) is 6.92 Å². The van der Waals surface area contributed by atoms with Crippen LogP contribution < -0.4 is 9.62 Å². The summed E-state index contributed by atoms with van der Waals surface area (Å²) in [5.41, 5.74) is 1.20. The minimum atomic E-state index is -3.60. The van der Waals surface area contributed by atoms with E-state index in [0.29, 0.717) is 30.3 Å². The predicted molar refractivity (Wildman–Crippen MR) is 97.1 cm³/mol. The van der Waals surface area contributed by atoms with Gasteiger partial charge < -0.3 is 10.1 Å². The lowest BCUT2D eigenvalue weighted by atomic mass is 10.2. The molecule has 8 heteroatoms. The lowest BCUT2D eigenvalue weighted by molar-refractivity contribution is -0.119. The maximum Gasteiger partial charge on any atom is 0.240 e. The van der Waals surface area contributed by atoms with Gasteiger partial charge in [-0.2, -0.15) is 0 Å². The molecule has 0 unspecified atom stereocenters. The average molecular weight is 377 g/mol. The average Bonchev–Trinajstić information content (AvgIpc) is 2.46. The van der Waals surface area contributed by atoms with Crippen molar-refractivity contribution in [2.45, 2.75) is 33.3 Å². The zero-order valence-corrected chi connectivity index (χ0v) is 16.1. The summed E-state index contributed by atoms with van der Waals surface area (Å²) in [6, 6.07) is 4.89. The number of nitrogens with one attached hydrogen (secondary N) is 1. The van der Waals surface area contributed by atoms with E-state index in [4.69, 9.17) is 16.3 Å². The number of rotatable bonds is 9. The molecule has 1 aromatic carbocycles. The Morgan fingerprint density at radius 2 is 2.04 bits per heavy atom. The van der Waals surface area contributed by atoms with Crippen molar-refractivity contribution >= 4 is 33.2 Å². The Kier molecular flexibility index (Phi) is 7.99. The first-order chi connectivity index (χ1) is 11.1. The number of aryl methyl sites for hydroxylation is 1.